The summed E-state index contributed by atoms with van der Waals surface area (Å²) >= 11 is 0. The number of piperazine rings is 1. The molecule has 5 nitrogen and oxygen atoms in total. The van der Waals surface area contributed by atoms with Gasteiger partial charge in [0, 0.05) is 31.7 Å². The van der Waals surface area contributed by atoms with Crippen molar-refractivity contribution in [2.75, 3.05) is 38.2 Å². The Hall–Kier alpha value is -2.86. The highest BCUT2D eigenvalue weighted by Gasteiger charge is 2.21. The van der Waals surface area contributed by atoms with Crippen molar-refractivity contribution in [3.05, 3.63) is 66.4 Å². The highest BCUT2D eigenvalue weighted by Crippen LogP contribution is 2.28. The number of para-hydroxylation sites is 2. The van der Waals surface area contributed by atoms with Gasteiger partial charge in [0.15, 0.2) is 5.76 Å². The number of hydrogen-bond acceptors (Lipinski definition) is 5. The van der Waals surface area contributed by atoms with Crippen LogP contribution >= 0.6 is 0 Å². The second kappa shape index (κ2) is 7.80. The lowest BCUT2D eigenvalue weighted by Gasteiger charge is -2.36. The van der Waals surface area contributed by atoms with Gasteiger partial charge in [0.1, 0.15) is 11.6 Å². The summed E-state index contributed by atoms with van der Waals surface area (Å²) < 4.78 is 24.4. The van der Waals surface area contributed by atoms with Crippen LogP contribution in [0.4, 0.5) is 10.1 Å². The van der Waals surface area contributed by atoms with Crippen molar-refractivity contribution in [3.8, 4) is 17.1 Å². The minimum atomic E-state index is -0.258. The molecule has 0 bridgehead atoms. The zero-order chi connectivity index (χ0) is 18.6. The molecule has 0 unspecified atom stereocenters. The summed E-state index contributed by atoms with van der Waals surface area (Å²) in [4.78, 5) is 9.05. The first-order chi connectivity index (χ1) is 13.2. The number of halogens is 1. The van der Waals surface area contributed by atoms with E-state index in [1.165, 1.54) is 12.1 Å². The van der Waals surface area contributed by atoms with E-state index in [4.69, 9.17) is 9.15 Å². The van der Waals surface area contributed by atoms with Crippen molar-refractivity contribution in [3.63, 3.8) is 0 Å². The van der Waals surface area contributed by atoms with Crippen molar-refractivity contribution in [2.24, 2.45) is 0 Å². The lowest BCUT2D eigenvalue weighted by Crippen LogP contribution is -2.46. The Bertz CT molecular complexity index is 886. The van der Waals surface area contributed by atoms with Crippen molar-refractivity contribution in [1.29, 1.82) is 0 Å². The van der Waals surface area contributed by atoms with Crippen LogP contribution in [0, 0.1) is 5.82 Å². The van der Waals surface area contributed by atoms with Crippen molar-refractivity contribution in [1.82, 2.24) is 9.88 Å². The number of methoxy groups -OCH3 is 1. The Balaban J connectivity index is 1.36. The van der Waals surface area contributed by atoms with Crippen molar-refractivity contribution >= 4 is 5.69 Å². The molecule has 0 amide bonds. The van der Waals surface area contributed by atoms with Gasteiger partial charge in [-0.05, 0) is 36.4 Å². The Morgan fingerprint density at radius 2 is 1.78 bits per heavy atom. The molecule has 1 aliphatic heterocycles. The largest absolute Gasteiger partial charge is 0.495 e. The van der Waals surface area contributed by atoms with Crippen LogP contribution in [0.15, 0.2) is 59.1 Å². The number of anilines is 1. The fraction of sp³-hybridized carbons (Fsp3) is 0.286. The fourth-order valence-corrected chi connectivity index (χ4v) is 3.36. The molecule has 2 heterocycles. The van der Waals surface area contributed by atoms with Gasteiger partial charge in [0.05, 0.1) is 25.5 Å². The summed E-state index contributed by atoms with van der Waals surface area (Å²) in [6.45, 7) is 4.36. The van der Waals surface area contributed by atoms with Gasteiger partial charge in [-0.1, -0.05) is 12.1 Å². The van der Waals surface area contributed by atoms with Crippen LogP contribution in [0.5, 0.6) is 5.75 Å². The van der Waals surface area contributed by atoms with Crippen LogP contribution in [-0.2, 0) is 6.54 Å². The molecule has 1 saturated heterocycles. The smallest absolute Gasteiger partial charge is 0.209 e. The second-order valence-electron chi connectivity index (χ2n) is 6.56. The molecule has 0 saturated carbocycles. The minimum Gasteiger partial charge on any atom is -0.495 e. The number of rotatable bonds is 5. The van der Waals surface area contributed by atoms with Gasteiger partial charge in [-0.3, -0.25) is 4.90 Å². The van der Waals surface area contributed by atoms with Crippen molar-refractivity contribution < 1.29 is 13.5 Å². The van der Waals surface area contributed by atoms with E-state index in [1.54, 1.807) is 25.4 Å². The zero-order valence-electron chi connectivity index (χ0n) is 15.3. The second-order valence-corrected chi connectivity index (χ2v) is 6.56. The average molecular weight is 367 g/mol. The maximum atomic E-state index is 13.1. The predicted molar refractivity (Wildman–Crippen MR) is 102 cm³/mol. The average Bonchev–Trinajstić information content (AvgIpc) is 3.17. The van der Waals surface area contributed by atoms with Crippen LogP contribution in [0.1, 0.15) is 5.89 Å². The number of ether oxygens (including phenoxy) is 1. The predicted octanol–water partition coefficient (Wildman–Crippen LogP) is 3.81. The molecule has 6 heteroatoms. The number of nitrogens with zero attached hydrogens (tertiary/aromatic N) is 3. The first kappa shape index (κ1) is 17.5. The van der Waals surface area contributed by atoms with Gasteiger partial charge in [0.25, 0.3) is 0 Å². The summed E-state index contributed by atoms with van der Waals surface area (Å²) in [5.74, 6) is 1.99. The van der Waals surface area contributed by atoms with E-state index in [2.05, 4.69) is 20.9 Å². The Labute approximate surface area is 158 Å². The summed E-state index contributed by atoms with van der Waals surface area (Å²) in [7, 11) is 1.70. The Morgan fingerprint density at radius 1 is 1.04 bits per heavy atom. The van der Waals surface area contributed by atoms with E-state index < -0.39 is 0 Å². The third-order valence-electron chi connectivity index (χ3n) is 4.84. The van der Waals surface area contributed by atoms with E-state index in [-0.39, 0.29) is 5.82 Å². The standard InChI is InChI=1S/C21H22FN3O2/c1-26-19-5-3-2-4-18(19)25-12-10-24(11-13-25)15-21-23-14-20(27-21)16-6-8-17(22)9-7-16/h2-9,14H,10-13,15H2,1H3. The number of oxazole rings is 1. The van der Waals surface area contributed by atoms with Crippen molar-refractivity contribution in [2.45, 2.75) is 6.54 Å². The Kier molecular flexibility index (Phi) is 5.07. The topological polar surface area (TPSA) is 41.7 Å². The zero-order valence-corrected chi connectivity index (χ0v) is 15.3. The number of hydrogen-bond donors (Lipinski definition) is 0. The first-order valence-corrected chi connectivity index (χ1v) is 9.04. The van der Waals surface area contributed by atoms with Crippen LogP contribution in [-0.4, -0.2) is 43.2 Å². The highest BCUT2D eigenvalue weighted by atomic mass is 19.1. The third-order valence-corrected chi connectivity index (χ3v) is 4.84. The number of benzene rings is 2. The van der Waals surface area contributed by atoms with Gasteiger partial charge < -0.3 is 14.1 Å². The molecule has 2 aromatic carbocycles. The van der Waals surface area contributed by atoms with E-state index in [1.807, 2.05) is 18.2 Å². The first-order valence-electron chi connectivity index (χ1n) is 9.04. The van der Waals surface area contributed by atoms with Crippen LogP contribution in [0.3, 0.4) is 0 Å². The molecular formula is C21H22FN3O2. The molecular weight excluding hydrogens is 345 g/mol. The normalized spacial score (nSPS) is 15.1. The van der Waals surface area contributed by atoms with E-state index in [0.717, 1.165) is 43.2 Å². The van der Waals surface area contributed by atoms with E-state index >= 15 is 0 Å². The molecule has 140 valence electrons. The maximum Gasteiger partial charge on any atom is 0.209 e. The van der Waals surface area contributed by atoms with E-state index in [0.29, 0.717) is 18.2 Å². The lowest BCUT2D eigenvalue weighted by atomic mass is 10.2. The fourth-order valence-electron chi connectivity index (χ4n) is 3.36. The molecule has 3 aromatic rings. The van der Waals surface area contributed by atoms with Gasteiger partial charge >= 0.3 is 0 Å². The van der Waals surface area contributed by atoms with Crippen LogP contribution in [0.25, 0.3) is 11.3 Å². The summed E-state index contributed by atoms with van der Waals surface area (Å²) in [6.07, 6.45) is 1.70. The lowest BCUT2D eigenvalue weighted by molar-refractivity contribution is 0.226. The minimum absolute atomic E-state index is 0.258. The summed E-state index contributed by atoms with van der Waals surface area (Å²) in [5.41, 5.74) is 1.96. The SMILES string of the molecule is COc1ccccc1N1CCN(Cc2ncc(-c3ccc(F)cc3)o2)CC1. The molecule has 0 aliphatic carbocycles. The molecule has 1 fully saturated rings. The molecule has 0 atom stereocenters. The quantitative estimate of drug-likeness (QED) is 0.686. The Morgan fingerprint density at radius 3 is 2.52 bits per heavy atom. The molecule has 0 radical (unpaired) electrons. The monoisotopic (exact) mass is 367 g/mol. The molecule has 0 spiro atoms. The molecule has 4 rings (SSSR count). The van der Waals surface area contributed by atoms with Gasteiger partial charge in [-0.15, -0.1) is 0 Å². The maximum absolute atomic E-state index is 13.1. The van der Waals surface area contributed by atoms with E-state index in [9.17, 15) is 4.39 Å². The summed E-state index contributed by atoms with van der Waals surface area (Å²) in [5, 5.41) is 0. The van der Waals surface area contributed by atoms with Gasteiger partial charge in [0.2, 0.25) is 5.89 Å². The molecule has 1 aromatic heterocycles. The third kappa shape index (κ3) is 3.95. The summed E-state index contributed by atoms with van der Waals surface area (Å²) in [6, 6.07) is 14.4. The van der Waals surface area contributed by atoms with Crippen LogP contribution < -0.4 is 9.64 Å². The number of aromatic nitrogens is 1. The molecule has 0 N–H and O–H groups in total. The van der Waals surface area contributed by atoms with Gasteiger partial charge in [-0.25, -0.2) is 9.37 Å². The van der Waals surface area contributed by atoms with Crippen LogP contribution in [0.2, 0.25) is 0 Å². The molecule has 27 heavy (non-hydrogen) atoms. The highest BCUT2D eigenvalue weighted by molar-refractivity contribution is 5.58. The molecule has 1 aliphatic rings. The van der Waals surface area contributed by atoms with Gasteiger partial charge in [-0.2, -0.15) is 0 Å².